The second-order valence-electron chi connectivity index (χ2n) is 7.35. The molecule has 1 heterocycles. The highest BCUT2D eigenvalue weighted by Gasteiger charge is 2.46. The predicted molar refractivity (Wildman–Crippen MR) is 121 cm³/mol. The van der Waals surface area contributed by atoms with Crippen molar-refractivity contribution in [3.8, 4) is 11.5 Å². The summed E-state index contributed by atoms with van der Waals surface area (Å²) < 4.78 is 5.68. The average Bonchev–Trinajstić information content (AvgIpc) is 3.15. The smallest absolute Gasteiger partial charge is 0.234 e. The van der Waals surface area contributed by atoms with Crippen molar-refractivity contribution in [3.05, 3.63) is 90.0 Å². The summed E-state index contributed by atoms with van der Waals surface area (Å²) in [6, 6.07) is 24.7. The predicted octanol–water partition coefficient (Wildman–Crippen LogP) is 3.98. The number of phenolic OH excluding ortho intramolecular Hbond substituents is 1. The van der Waals surface area contributed by atoms with Crippen molar-refractivity contribution in [2.45, 2.75) is 31.7 Å². The van der Waals surface area contributed by atoms with Crippen LogP contribution in [-0.4, -0.2) is 27.4 Å². The molecule has 0 spiro atoms. The maximum absolute atomic E-state index is 12.7. The lowest BCUT2D eigenvalue weighted by Crippen LogP contribution is -2.37. The van der Waals surface area contributed by atoms with Crippen molar-refractivity contribution in [1.82, 2.24) is 10.4 Å². The summed E-state index contributed by atoms with van der Waals surface area (Å²) in [6.45, 7) is 3.07. The van der Waals surface area contributed by atoms with Gasteiger partial charge in [-0.3, -0.25) is 9.80 Å². The van der Waals surface area contributed by atoms with Crippen LogP contribution in [0.1, 0.15) is 36.5 Å². The lowest BCUT2D eigenvalue weighted by molar-refractivity contribution is -0.132. The second kappa shape index (κ2) is 9.06. The van der Waals surface area contributed by atoms with Crippen LogP contribution in [0.5, 0.6) is 11.5 Å². The molecule has 1 fully saturated rings. The van der Waals surface area contributed by atoms with Crippen molar-refractivity contribution < 1.29 is 19.7 Å². The molecule has 0 bridgehead atoms. The number of aliphatic hydroxyl groups is 1. The number of benzene rings is 3. The zero-order valence-electron chi connectivity index (χ0n) is 17.3. The third kappa shape index (κ3) is 4.28. The van der Waals surface area contributed by atoms with Crippen molar-refractivity contribution in [2.24, 2.45) is 0 Å². The molecule has 2 unspecified atom stereocenters. The van der Waals surface area contributed by atoms with Gasteiger partial charge in [0.05, 0.1) is 5.78 Å². The van der Waals surface area contributed by atoms with Gasteiger partial charge in [0.25, 0.3) is 0 Å². The van der Waals surface area contributed by atoms with Gasteiger partial charge in [0.1, 0.15) is 17.3 Å². The van der Waals surface area contributed by atoms with Crippen molar-refractivity contribution >= 4 is 19.1 Å². The van der Waals surface area contributed by atoms with Crippen LogP contribution in [0.25, 0.3) is 0 Å². The van der Waals surface area contributed by atoms with E-state index in [-0.39, 0.29) is 23.2 Å². The van der Waals surface area contributed by atoms with E-state index in [1.807, 2.05) is 54.6 Å². The molecular formula is C24H25N2O4P. The van der Waals surface area contributed by atoms with Crippen LogP contribution >= 0.6 is 7.92 Å². The Morgan fingerprint density at radius 2 is 1.61 bits per heavy atom. The summed E-state index contributed by atoms with van der Waals surface area (Å²) in [5.74, 6) is -0.0762. The molecule has 3 aromatic rings. The summed E-state index contributed by atoms with van der Waals surface area (Å²) in [4.78, 5) is 12.7. The van der Waals surface area contributed by atoms with Crippen LogP contribution < -0.4 is 15.5 Å². The maximum atomic E-state index is 12.7. The molecule has 1 amide bonds. The number of carbonyl (C=O) groups is 1. The maximum Gasteiger partial charge on any atom is 0.234 e. The van der Waals surface area contributed by atoms with Gasteiger partial charge >= 0.3 is 0 Å². The Kier molecular flexibility index (Phi) is 6.23. The molecule has 31 heavy (non-hydrogen) atoms. The molecule has 6 nitrogen and oxygen atoms in total. The zero-order chi connectivity index (χ0) is 22.0. The molecule has 4 rings (SSSR count). The third-order valence-electron chi connectivity index (χ3n) is 5.17. The van der Waals surface area contributed by atoms with Gasteiger partial charge in [0.2, 0.25) is 5.91 Å². The summed E-state index contributed by atoms with van der Waals surface area (Å²) in [5, 5.41) is 23.2. The normalized spacial score (nSPS) is 21.6. The Morgan fingerprint density at radius 1 is 1.00 bits per heavy atom. The largest absolute Gasteiger partial charge is 0.508 e. The van der Waals surface area contributed by atoms with Crippen LogP contribution in [-0.2, 0) is 4.79 Å². The zero-order valence-corrected chi connectivity index (χ0v) is 18.2. The number of aliphatic hydroxyl groups excluding tert-OH is 1. The SMILES string of the molecule is CC(=O)N1N[C@@H](c2ccccc2OC(C)O)P(c2ccccc2)[C@H]1c1ccccc1O. The molecule has 0 aliphatic carbocycles. The Balaban J connectivity index is 1.90. The van der Waals surface area contributed by atoms with Gasteiger partial charge < -0.3 is 14.9 Å². The van der Waals surface area contributed by atoms with Crippen LogP contribution in [0.3, 0.4) is 0 Å². The number of amides is 1. The first-order valence-electron chi connectivity index (χ1n) is 10.1. The van der Waals surface area contributed by atoms with E-state index in [0.717, 1.165) is 10.9 Å². The highest BCUT2D eigenvalue weighted by Crippen LogP contribution is 2.66. The molecule has 0 aromatic heterocycles. The topological polar surface area (TPSA) is 82.0 Å². The van der Waals surface area contributed by atoms with Crippen LogP contribution in [0.15, 0.2) is 78.9 Å². The molecule has 0 saturated carbocycles. The Morgan fingerprint density at radius 3 is 2.26 bits per heavy atom. The fourth-order valence-corrected chi connectivity index (χ4v) is 7.03. The first-order valence-corrected chi connectivity index (χ1v) is 11.6. The lowest BCUT2D eigenvalue weighted by atomic mass is 10.2. The Bertz CT molecular complexity index is 1060. The van der Waals surface area contributed by atoms with E-state index in [4.69, 9.17) is 4.74 Å². The van der Waals surface area contributed by atoms with E-state index in [2.05, 4.69) is 17.6 Å². The first-order chi connectivity index (χ1) is 15.0. The van der Waals surface area contributed by atoms with E-state index >= 15 is 0 Å². The summed E-state index contributed by atoms with van der Waals surface area (Å²) in [7, 11) is -1.08. The van der Waals surface area contributed by atoms with Crippen molar-refractivity contribution in [1.29, 1.82) is 0 Å². The number of para-hydroxylation sites is 2. The number of hydrogen-bond acceptors (Lipinski definition) is 5. The minimum absolute atomic E-state index is 0.145. The van der Waals surface area contributed by atoms with E-state index < -0.39 is 14.2 Å². The Hall–Kier alpha value is -2.92. The second-order valence-corrected chi connectivity index (χ2v) is 9.69. The third-order valence-corrected chi connectivity index (χ3v) is 8.05. The number of rotatable bonds is 5. The van der Waals surface area contributed by atoms with Crippen molar-refractivity contribution in [2.75, 3.05) is 0 Å². The minimum Gasteiger partial charge on any atom is -0.508 e. The number of phenols is 1. The van der Waals surface area contributed by atoms with Gasteiger partial charge in [-0.15, -0.1) is 0 Å². The Labute approximate surface area is 182 Å². The highest BCUT2D eigenvalue weighted by atomic mass is 31.1. The van der Waals surface area contributed by atoms with Crippen LogP contribution in [0.4, 0.5) is 0 Å². The summed E-state index contributed by atoms with van der Waals surface area (Å²) >= 11 is 0. The van der Waals surface area contributed by atoms with Crippen LogP contribution in [0, 0.1) is 0 Å². The minimum atomic E-state index is -1.08. The molecule has 7 heteroatoms. The van der Waals surface area contributed by atoms with Gasteiger partial charge in [0, 0.05) is 18.1 Å². The lowest BCUT2D eigenvalue weighted by Gasteiger charge is -2.28. The molecule has 0 radical (unpaired) electrons. The standard InChI is InChI=1S/C24H25N2O4P/c1-16(27)26-24(19-12-6-8-14-21(19)29)31(18-10-4-3-5-11-18)23(25-26)20-13-7-9-15-22(20)30-17(2)28/h3-15,17,23-25,28-29H,1-2H3/t17?,23-,24+,31?/m1/s1. The molecule has 4 atom stereocenters. The number of ether oxygens (including phenoxy) is 1. The number of carbonyl (C=O) groups excluding carboxylic acids is 1. The number of nitrogens with one attached hydrogen (secondary N) is 1. The summed E-state index contributed by atoms with van der Waals surface area (Å²) in [6.07, 6.45) is -0.969. The van der Waals surface area contributed by atoms with Gasteiger partial charge in [-0.1, -0.05) is 66.7 Å². The van der Waals surface area contributed by atoms with Crippen molar-refractivity contribution in [3.63, 3.8) is 0 Å². The van der Waals surface area contributed by atoms with Gasteiger partial charge in [0.15, 0.2) is 6.29 Å². The number of nitrogens with zero attached hydrogens (tertiary/aromatic N) is 1. The quantitative estimate of drug-likeness (QED) is 0.416. The molecule has 1 aliphatic rings. The van der Waals surface area contributed by atoms with Gasteiger partial charge in [-0.2, -0.15) is 0 Å². The van der Waals surface area contributed by atoms with E-state index in [1.54, 1.807) is 24.1 Å². The molecule has 160 valence electrons. The van der Waals surface area contributed by atoms with Gasteiger partial charge in [-0.05, 0) is 32.3 Å². The number of aromatic hydroxyl groups is 1. The van der Waals surface area contributed by atoms with E-state index in [9.17, 15) is 15.0 Å². The fraction of sp³-hybridized carbons (Fsp3) is 0.208. The number of hydrogen-bond donors (Lipinski definition) is 3. The number of hydrazine groups is 1. The van der Waals surface area contributed by atoms with Crippen LogP contribution in [0.2, 0.25) is 0 Å². The monoisotopic (exact) mass is 436 g/mol. The summed E-state index contributed by atoms with van der Waals surface area (Å²) in [5.41, 5.74) is 4.93. The average molecular weight is 436 g/mol. The first kappa shape index (κ1) is 21.3. The molecule has 3 N–H and O–H groups in total. The van der Waals surface area contributed by atoms with E-state index in [1.165, 1.54) is 6.92 Å². The van der Waals surface area contributed by atoms with Gasteiger partial charge in [-0.25, -0.2) is 5.43 Å². The molecular weight excluding hydrogens is 411 g/mol. The molecule has 3 aromatic carbocycles. The fourth-order valence-electron chi connectivity index (χ4n) is 3.90. The molecule has 1 saturated heterocycles. The highest BCUT2D eigenvalue weighted by molar-refractivity contribution is 7.66. The molecule has 1 aliphatic heterocycles. The van der Waals surface area contributed by atoms with E-state index in [0.29, 0.717) is 11.3 Å².